The van der Waals surface area contributed by atoms with Gasteiger partial charge in [0, 0.05) is 32.7 Å². The molecule has 1 aromatic heterocycles. The van der Waals surface area contributed by atoms with Gasteiger partial charge in [0.2, 0.25) is 0 Å². The van der Waals surface area contributed by atoms with Crippen LogP contribution in [0.3, 0.4) is 0 Å². The Morgan fingerprint density at radius 1 is 1.38 bits per heavy atom. The predicted molar refractivity (Wildman–Crippen MR) is 79.8 cm³/mol. The fraction of sp³-hybridized carbons (Fsp3) is 0.667. The Hall–Kier alpha value is -1.87. The largest absolute Gasteiger partial charge is 0.335 e. The van der Waals surface area contributed by atoms with E-state index in [-0.39, 0.29) is 11.9 Å². The van der Waals surface area contributed by atoms with Gasteiger partial charge in [-0.2, -0.15) is 10.4 Å². The third-order valence-electron chi connectivity index (χ3n) is 4.05. The summed E-state index contributed by atoms with van der Waals surface area (Å²) in [5.41, 5.74) is 1.63. The van der Waals surface area contributed by atoms with E-state index in [1.165, 1.54) is 0 Å². The molecule has 0 bridgehead atoms. The van der Waals surface area contributed by atoms with Crippen molar-refractivity contribution in [3.05, 3.63) is 17.5 Å². The molecule has 1 unspecified atom stereocenters. The summed E-state index contributed by atoms with van der Waals surface area (Å²) in [7, 11) is 0. The van der Waals surface area contributed by atoms with Crippen LogP contribution in [0.1, 0.15) is 37.0 Å². The van der Waals surface area contributed by atoms with Gasteiger partial charge in [-0.05, 0) is 26.3 Å². The highest BCUT2D eigenvalue weighted by Gasteiger charge is 2.26. The zero-order valence-corrected chi connectivity index (χ0v) is 13.0. The van der Waals surface area contributed by atoms with E-state index in [2.05, 4.69) is 16.1 Å². The minimum atomic E-state index is -0.0879. The van der Waals surface area contributed by atoms with Crippen LogP contribution in [0.25, 0.3) is 0 Å². The van der Waals surface area contributed by atoms with Crippen molar-refractivity contribution in [3.63, 3.8) is 0 Å². The number of nitriles is 1. The van der Waals surface area contributed by atoms with Crippen LogP contribution in [0, 0.1) is 11.3 Å². The Bertz CT molecular complexity index is 537. The quantitative estimate of drug-likeness (QED) is 0.833. The van der Waals surface area contributed by atoms with Gasteiger partial charge < -0.3 is 4.90 Å². The lowest BCUT2D eigenvalue weighted by atomic mass is 10.2. The molecule has 1 atom stereocenters. The maximum Gasteiger partial charge on any atom is 0.272 e. The molecule has 1 fully saturated rings. The molecule has 0 aromatic carbocycles. The fourth-order valence-corrected chi connectivity index (χ4v) is 2.61. The van der Waals surface area contributed by atoms with Crippen LogP contribution in [-0.2, 0) is 13.0 Å². The van der Waals surface area contributed by atoms with Gasteiger partial charge in [0.15, 0.2) is 0 Å². The van der Waals surface area contributed by atoms with Gasteiger partial charge in [-0.3, -0.25) is 14.4 Å². The van der Waals surface area contributed by atoms with Crippen LogP contribution in [0.4, 0.5) is 0 Å². The first-order chi connectivity index (χ1) is 10.1. The summed E-state index contributed by atoms with van der Waals surface area (Å²) >= 11 is 0. The van der Waals surface area contributed by atoms with Gasteiger partial charge in [-0.25, -0.2) is 0 Å². The Balaban J connectivity index is 2.05. The van der Waals surface area contributed by atoms with Gasteiger partial charge >= 0.3 is 0 Å². The van der Waals surface area contributed by atoms with E-state index >= 15 is 0 Å². The lowest BCUT2D eigenvalue weighted by Crippen LogP contribution is -2.51. The molecule has 0 spiro atoms. The molecule has 1 saturated heterocycles. The third-order valence-corrected chi connectivity index (χ3v) is 4.05. The molecule has 1 aromatic rings. The summed E-state index contributed by atoms with van der Waals surface area (Å²) < 4.78 is 1.78. The Morgan fingerprint density at radius 3 is 2.57 bits per heavy atom. The molecule has 2 rings (SSSR count). The number of rotatable bonds is 4. The maximum atomic E-state index is 12.6. The molecule has 6 heteroatoms. The van der Waals surface area contributed by atoms with Crippen molar-refractivity contribution in [3.8, 4) is 6.07 Å². The standard InChI is InChI=1S/C15H23N5O/c1-4-13-10-14(20(5-2)17-13)15(21)19-8-6-18(7-9-19)12(3)11-16/h10,12H,4-9H2,1-3H3. The summed E-state index contributed by atoms with van der Waals surface area (Å²) in [5, 5.41) is 13.4. The van der Waals surface area contributed by atoms with Crippen LogP contribution in [0.15, 0.2) is 6.07 Å². The number of nitrogens with zero attached hydrogens (tertiary/aromatic N) is 5. The monoisotopic (exact) mass is 289 g/mol. The Morgan fingerprint density at radius 2 is 2.05 bits per heavy atom. The molecule has 21 heavy (non-hydrogen) atoms. The number of hydrogen-bond donors (Lipinski definition) is 0. The van der Waals surface area contributed by atoms with E-state index in [9.17, 15) is 4.79 Å². The van der Waals surface area contributed by atoms with E-state index in [4.69, 9.17) is 5.26 Å². The zero-order chi connectivity index (χ0) is 15.4. The number of amides is 1. The topological polar surface area (TPSA) is 65.2 Å². The molecule has 1 aliphatic rings. The number of aromatic nitrogens is 2. The lowest BCUT2D eigenvalue weighted by Gasteiger charge is -2.35. The van der Waals surface area contributed by atoms with E-state index in [0.717, 1.165) is 25.2 Å². The molecule has 0 N–H and O–H groups in total. The second-order valence-corrected chi connectivity index (χ2v) is 5.32. The fourth-order valence-electron chi connectivity index (χ4n) is 2.61. The number of carbonyl (C=O) groups excluding carboxylic acids is 1. The molecule has 1 aliphatic heterocycles. The van der Waals surface area contributed by atoms with Crippen molar-refractivity contribution in [2.24, 2.45) is 0 Å². The van der Waals surface area contributed by atoms with Gasteiger partial charge in [0.05, 0.1) is 17.8 Å². The second kappa shape index (κ2) is 6.72. The van der Waals surface area contributed by atoms with Crippen LogP contribution in [-0.4, -0.2) is 57.7 Å². The zero-order valence-electron chi connectivity index (χ0n) is 13.0. The summed E-state index contributed by atoms with van der Waals surface area (Å²) in [4.78, 5) is 16.6. The molecule has 1 amide bonds. The summed E-state index contributed by atoms with van der Waals surface area (Å²) in [6.45, 7) is 9.48. The van der Waals surface area contributed by atoms with Gasteiger partial charge in [-0.1, -0.05) is 6.92 Å². The SMILES string of the molecule is CCc1cc(C(=O)N2CCN(C(C)C#N)CC2)n(CC)n1. The van der Waals surface area contributed by atoms with E-state index < -0.39 is 0 Å². The average Bonchev–Trinajstić information content (AvgIpc) is 2.97. The van der Waals surface area contributed by atoms with Gasteiger partial charge in [0.1, 0.15) is 5.69 Å². The highest BCUT2D eigenvalue weighted by molar-refractivity contribution is 5.92. The van der Waals surface area contributed by atoms with E-state index in [1.54, 1.807) is 4.68 Å². The Kier molecular flexibility index (Phi) is 4.97. The van der Waals surface area contributed by atoms with Crippen molar-refractivity contribution in [2.45, 2.75) is 39.8 Å². The molecule has 2 heterocycles. The molecule has 0 saturated carbocycles. The smallest absolute Gasteiger partial charge is 0.272 e. The third kappa shape index (κ3) is 3.24. The first-order valence-electron chi connectivity index (χ1n) is 7.60. The first-order valence-corrected chi connectivity index (χ1v) is 7.60. The lowest BCUT2D eigenvalue weighted by molar-refractivity contribution is 0.0604. The highest BCUT2D eigenvalue weighted by Crippen LogP contribution is 2.12. The van der Waals surface area contributed by atoms with Gasteiger partial charge in [0.25, 0.3) is 5.91 Å². The predicted octanol–water partition coefficient (Wildman–Crippen LogP) is 1.14. The second-order valence-electron chi connectivity index (χ2n) is 5.32. The van der Waals surface area contributed by atoms with Gasteiger partial charge in [-0.15, -0.1) is 0 Å². The van der Waals surface area contributed by atoms with Crippen LogP contribution in [0.5, 0.6) is 0 Å². The van der Waals surface area contributed by atoms with E-state index in [0.29, 0.717) is 25.3 Å². The van der Waals surface area contributed by atoms with Crippen molar-refractivity contribution in [2.75, 3.05) is 26.2 Å². The molecule has 0 radical (unpaired) electrons. The van der Waals surface area contributed by atoms with E-state index in [1.807, 2.05) is 31.7 Å². The van der Waals surface area contributed by atoms with Crippen LogP contribution >= 0.6 is 0 Å². The minimum Gasteiger partial charge on any atom is -0.335 e. The molecular weight excluding hydrogens is 266 g/mol. The highest BCUT2D eigenvalue weighted by atomic mass is 16.2. The number of carbonyl (C=O) groups is 1. The summed E-state index contributed by atoms with van der Waals surface area (Å²) in [6, 6.07) is 4.06. The van der Waals surface area contributed by atoms with Crippen molar-refractivity contribution in [1.82, 2.24) is 19.6 Å². The normalized spacial score (nSPS) is 17.5. The number of aryl methyl sites for hydroxylation is 2. The van der Waals surface area contributed by atoms with Crippen molar-refractivity contribution >= 4 is 5.91 Å². The molecular formula is C15H23N5O. The molecule has 114 valence electrons. The van der Waals surface area contributed by atoms with Crippen molar-refractivity contribution < 1.29 is 4.79 Å². The first kappa shape index (κ1) is 15.5. The number of hydrogen-bond acceptors (Lipinski definition) is 4. The summed E-state index contributed by atoms with van der Waals surface area (Å²) in [5.74, 6) is 0.0494. The van der Waals surface area contributed by atoms with Crippen LogP contribution < -0.4 is 0 Å². The Labute approximate surface area is 125 Å². The molecule has 0 aliphatic carbocycles. The maximum absolute atomic E-state index is 12.6. The minimum absolute atomic E-state index is 0.0494. The van der Waals surface area contributed by atoms with Crippen molar-refractivity contribution in [1.29, 1.82) is 5.26 Å². The van der Waals surface area contributed by atoms with Crippen LogP contribution in [0.2, 0.25) is 0 Å². The molecule has 6 nitrogen and oxygen atoms in total. The summed E-state index contributed by atoms with van der Waals surface area (Å²) in [6.07, 6.45) is 0.834. The number of piperazine rings is 1. The average molecular weight is 289 g/mol.